The predicted octanol–water partition coefficient (Wildman–Crippen LogP) is 3.55. The maximum atomic E-state index is 6.31. The first-order valence-electron chi connectivity index (χ1n) is 9.90. The number of benzene rings is 3. The maximum absolute atomic E-state index is 6.31. The molecule has 0 saturated carbocycles. The fourth-order valence-electron chi connectivity index (χ4n) is 3.54. The summed E-state index contributed by atoms with van der Waals surface area (Å²) in [6.07, 6.45) is 0. The Morgan fingerprint density at radius 2 is 0.788 bits per heavy atom. The van der Waals surface area contributed by atoms with Crippen molar-refractivity contribution in [3.8, 4) is 17.2 Å². The summed E-state index contributed by atoms with van der Waals surface area (Å²) in [6, 6.07) is 16.9. The zero-order valence-corrected chi connectivity index (χ0v) is 22.8. The van der Waals surface area contributed by atoms with Crippen molar-refractivity contribution in [1.82, 2.24) is 0 Å². The van der Waals surface area contributed by atoms with Crippen LogP contribution in [0.2, 0.25) is 0 Å². The quantitative estimate of drug-likeness (QED) is 0.386. The number of hydrogen-bond acceptors (Lipinski definition) is 6. The second kappa shape index (κ2) is 10.9. The highest BCUT2D eigenvalue weighted by atomic mass is 79.9. The third-order valence-electron chi connectivity index (χ3n) is 5.08. The number of hydrogen-bond donors (Lipinski definition) is 0. The Morgan fingerprint density at radius 1 is 0.515 bits per heavy atom. The zero-order valence-electron chi connectivity index (χ0n) is 18.0. The molecule has 1 heterocycles. The Morgan fingerprint density at radius 3 is 1.03 bits per heavy atom. The molecular formula is C21H18B3Br3O6. The lowest BCUT2D eigenvalue weighted by Crippen LogP contribution is -2.61. The number of halogens is 3. The van der Waals surface area contributed by atoms with Crippen molar-refractivity contribution in [3.05, 3.63) is 68.0 Å². The minimum Gasteiger partial charge on any atom is -0.497 e. The number of methoxy groups -OCH3 is 3. The highest BCUT2D eigenvalue weighted by Gasteiger charge is 2.46. The fourth-order valence-corrected chi connectivity index (χ4v) is 4.68. The summed E-state index contributed by atoms with van der Waals surface area (Å²) >= 11 is 10.6. The molecule has 1 aliphatic heterocycles. The molecule has 0 atom stereocenters. The summed E-state index contributed by atoms with van der Waals surface area (Å²) in [5.74, 6) is 1.89. The molecule has 0 bridgehead atoms. The highest BCUT2D eigenvalue weighted by Crippen LogP contribution is 2.24. The van der Waals surface area contributed by atoms with Crippen molar-refractivity contribution in [3.63, 3.8) is 0 Å². The van der Waals surface area contributed by atoms with Gasteiger partial charge in [-0.15, -0.1) is 0 Å². The molecule has 3 aromatic carbocycles. The SMILES string of the molecule is COc1ccc(Br)cc1B1OB(c2cc(Br)ccc2OC)OB(c2cc(Br)ccc2OC)O1. The molecule has 0 radical (unpaired) electrons. The molecule has 6 nitrogen and oxygen atoms in total. The summed E-state index contributed by atoms with van der Waals surface area (Å²) in [4.78, 5) is 0. The number of rotatable bonds is 6. The molecule has 1 fully saturated rings. The van der Waals surface area contributed by atoms with E-state index in [-0.39, 0.29) is 0 Å². The topological polar surface area (TPSA) is 55.4 Å². The van der Waals surface area contributed by atoms with Crippen LogP contribution in [0.15, 0.2) is 68.0 Å². The van der Waals surface area contributed by atoms with E-state index in [0.717, 1.165) is 13.4 Å². The Labute approximate surface area is 219 Å². The van der Waals surface area contributed by atoms with E-state index < -0.39 is 21.4 Å². The predicted molar refractivity (Wildman–Crippen MR) is 142 cm³/mol. The standard InChI is InChI=1S/C21H18B3Br3O6/c1-28-19-7-4-13(25)10-16(19)22-31-23(17-11-14(26)5-8-20(17)29-2)33-24(32-22)18-12-15(27)6-9-21(18)30-3/h4-12H,1-3H3. The van der Waals surface area contributed by atoms with Crippen molar-refractivity contribution in [2.45, 2.75) is 0 Å². The monoisotopic (exact) mass is 636 g/mol. The van der Waals surface area contributed by atoms with Gasteiger partial charge in [-0.2, -0.15) is 0 Å². The molecular weight excluding hydrogens is 620 g/mol. The second-order valence-corrected chi connectivity index (χ2v) is 9.81. The summed E-state index contributed by atoms with van der Waals surface area (Å²) in [5, 5.41) is 0. The van der Waals surface area contributed by atoms with Gasteiger partial charge in [-0.25, -0.2) is 0 Å². The normalized spacial score (nSPS) is 13.8. The van der Waals surface area contributed by atoms with Crippen molar-refractivity contribution in [1.29, 1.82) is 0 Å². The van der Waals surface area contributed by atoms with E-state index in [4.69, 9.17) is 27.9 Å². The third kappa shape index (κ3) is 5.47. The van der Waals surface area contributed by atoms with Gasteiger partial charge in [0.1, 0.15) is 17.2 Å². The lowest BCUT2D eigenvalue weighted by atomic mass is 9.61. The van der Waals surface area contributed by atoms with Gasteiger partial charge in [0.15, 0.2) is 0 Å². The molecule has 0 spiro atoms. The van der Waals surface area contributed by atoms with Crippen LogP contribution in [0.3, 0.4) is 0 Å². The zero-order chi connectivity index (χ0) is 23.5. The highest BCUT2D eigenvalue weighted by molar-refractivity contribution is 9.11. The van der Waals surface area contributed by atoms with Crippen molar-refractivity contribution in [2.24, 2.45) is 0 Å². The third-order valence-corrected chi connectivity index (χ3v) is 6.56. The van der Waals surface area contributed by atoms with Crippen LogP contribution in [0.5, 0.6) is 17.2 Å². The van der Waals surface area contributed by atoms with Gasteiger partial charge in [-0.1, -0.05) is 47.8 Å². The Balaban J connectivity index is 1.82. The van der Waals surface area contributed by atoms with Crippen LogP contribution < -0.4 is 30.6 Å². The minimum atomic E-state index is -0.798. The molecule has 1 aliphatic rings. The molecule has 0 aromatic heterocycles. The molecule has 0 unspecified atom stereocenters. The average Bonchev–Trinajstić information content (AvgIpc) is 2.83. The molecule has 12 heteroatoms. The summed E-state index contributed by atoms with van der Waals surface area (Å²) in [6.45, 7) is 0. The molecule has 0 aliphatic carbocycles. The average molecular weight is 639 g/mol. The van der Waals surface area contributed by atoms with Crippen LogP contribution in [0, 0.1) is 0 Å². The van der Waals surface area contributed by atoms with Crippen LogP contribution in [0.1, 0.15) is 0 Å². The fraction of sp³-hybridized carbons (Fsp3) is 0.143. The van der Waals surface area contributed by atoms with Crippen molar-refractivity contribution < 1.29 is 27.9 Å². The second-order valence-electron chi connectivity index (χ2n) is 7.06. The van der Waals surface area contributed by atoms with E-state index in [1.807, 2.05) is 54.6 Å². The molecule has 4 rings (SSSR count). The molecule has 1 saturated heterocycles. The summed E-state index contributed by atoms with van der Waals surface area (Å²) in [7, 11) is 2.43. The van der Waals surface area contributed by atoms with Crippen LogP contribution in [0.4, 0.5) is 0 Å². The molecule has 168 valence electrons. The largest absolute Gasteiger partial charge is 0.497 e. The van der Waals surface area contributed by atoms with Gasteiger partial charge in [0, 0.05) is 29.8 Å². The smallest absolute Gasteiger partial charge is 0.470 e. The van der Waals surface area contributed by atoms with Crippen molar-refractivity contribution in [2.75, 3.05) is 21.3 Å². The minimum absolute atomic E-state index is 0.630. The molecule has 0 N–H and O–H groups in total. The van der Waals surface area contributed by atoms with Crippen LogP contribution in [-0.2, 0) is 13.7 Å². The molecule has 33 heavy (non-hydrogen) atoms. The van der Waals surface area contributed by atoms with Gasteiger partial charge >= 0.3 is 21.4 Å². The molecule has 3 aromatic rings. The summed E-state index contributed by atoms with van der Waals surface area (Å²) < 4.78 is 38.3. The van der Waals surface area contributed by atoms with Crippen LogP contribution >= 0.6 is 47.8 Å². The van der Waals surface area contributed by atoms with Crippen LogP contribution in [0.25, 0.3) is 0 Å². The Kier molecular flexibility index (Phi) is 8.14. The Bertz CT molecular complexity index is 1000. The van der Waals surface area contributed by atoms with Gasteiger partial charge in [0.25, 0.3) is 0 Å². The number of ether oxygens (including phenoxy) is 3. The van der Waals surface area contributed by atoms with Gasteiger partial charge in [-0.3, -0.25) is 0 Å². The first kappa shape index (κ1) is 24.7. The first-order valence-corrected chi connectivity index (χ1v) is 12.3. The van der Waals surface area contributed by atoms with E-state index in [1.54, 1.807) is 21.3 Å². The first-order chi connectivity index (χ1) is 15.9. The van der Waals surface area contributed by atoms with Gasteiger partial charge in [0.05, 0.1) is 21.3 Å². The van der Waals surface area contributed by atoms with Gasteiger partial charge in [0.2, 0.25) is 0 Å². The molecule has 0 amide bonds. The van der Waals surface area contributed by atoms with Gasteiger partial charge in [-0.05, 0) is 54.6 Å². The van der Waals surface area contributed by atoms with E-state index in [0.29, 0.717) is 33.6 Å². The van der Waals surface area contributed by atoms with Gasteiger partial charge < -0.3 is 27.9 Å². The van der Waals surface area contributed by atoms with E-state index in [9.17, 15) is 0 Å². The van der Waals surface area contributed by atoms with E-state index in [2.05, 4.69) is 47.8 Å². The van der Waals surface area contributed by atoms with E-state index >= 15 is 0 Å². The van der Waals surface area contributed by atoms with Crippen molar-refractivity contribution >= 4 is 85.5 Å². The maximum Gasteiger partial charge on any atom is 0.470 e. The van der Waals surface area contributed by atoms with E-state index in [1.165, 1.54) is 0 Å². The Hall–Kier alpha value is -1.43. The lowest BCUT2D eigenvalue weighted by molar-refractivity contribution is 0.304. The summed E-state index contributed by atoms with van der Waals surface area (Å²) in [5.41, 5.74) is 2.15. The van der Waals surface area contributed by atoms with Crippen LogP contribution in [-0.4, -0.2) is 42.7 Å². The lowest BCUT2D eigenvalue weighted by Gasteiger charge is -2.33.